The molecule has 0 aliphatic rings. The summed E-state index contributed by atoms with van der Waals surface area (Å²) < 4.78 is 4.87. The van der Waals surface area contributed by atoms with Gasteiger partial charge in [0.25, 0.3) is 0 Å². The minimum atomic E-state index is 0. The smallest absolute Gasteiger partial charge is 0.121 e. The third kappa shape index (κ3) is 2.33. The summed E-state index contributed by atoms with van der Waals surface area (Å²) in [4.78, 5) is 3.81. The maximum absolute atomic E-state index is 4.87. The molecule has 0 amide bonds. The summed E-state index contributed by atoms with van der Waals surface area (Å²) in [6.07, 6.45) is 3.39. The third-order valence-electron chi connectivity index (χ3n) is 0.885. The largest absolute Gasteiger partial charge is 0.497 e. The number of hydrogen-bond acceptors (Lipinski definition) is 2. The van der Waals surface area contributed by atoms with E-state index in [0.717, 1.165) is 5.75 Å². The summed E-state index contributed by atoms with van der Waals surface area (Å²) in [7, 11) is 1.63. The lowest BCUT2D eigenvalue weighted by atomic mass is 10.5. The van der Waals surface area contributed by atoms with E-state index in [-0.39, 0.29) is 12.4 Å². The van der Waals surface area contributed by atoms with Gasteiger partial charge in [0.2, 0.25) is 0 Å². The van der Waals surface area contributed by atoms with Crippen molar-refractivity contribution in [2.24, 2.45) is 0 Å². The van der Waals surface area contributed by atoms with Crippen LogP contribution in [0, 0.1) is 0 Å². The van der Waals surface area contributed by atoms with E-state index in [9.17, 15) is 0 Å². The fraction of sp³-hybridized carbons (Fsp3) is 0.167. The zero-order chi connectivity index (χ0) is 5.82. The minimum absolute atomic E-state index is 0. The van der Waals surface area contributed by atoms with Crippen LogP contribution >= 0.6 is 12.4 Å². The van der Waals surface area contributed by atoms with E-state index < -0.39 is 0 Å². The first kappa shape index (κ1) is 8.24. The molecular formula is C6H8ClNO. The SMILES string of the molecule is COc1ccncc1.Cl. The summed E-state index contributed by atoms with van der Waals surface area (Å²) in [6, 6.07) is 3.61. The molecule has 0 N–H and O–H groups in total. The van der Waals surface area contributed by atoms with E-state index in [1.54, 1.807) is 31.6 Å². The van der Waals surface area contributed by atoms with Crippen molar-refractivity contribution in [1.82, 2.24) is 4.98 Å². The van der Waals surface area contributed by atoms with Gasteiger partial charge in [-0.15, -0.1) is 12.4 Å². The predicted molar refractivity (Wildman–Crippen MR) is 38.0 cm³/mol. The Kier molecular flexibility index (Phi) is 3.80. The van der Waals surface area contributed by atoms with Crippen molar-refractivity contribution >= 4 is 12.4 Å². The number of nitrogens with zero attached hydrogens (tertiary/aromatic N) is 1. The van der Waals surface area contributed by atoms with E-state index in [2.05, 4.69) is 4.98 Å². The van der Waals surface area contributed by atoms with Crippen molar-refractivity contribution in [2.75, 3.05) is 7.11 Å². The van der Waals surface area contributed by atoms with E-state index >= 15 is 0 Å². The molecule has 0 bridgehead atoms. The highest BCUT2D eigenvalue weighted by Crippen LogP contribution is 2.03. The number of aromatic nitrogens is 1. The lowest BCUT2D eigenvalue weighted by Crippen LogP contribution is -1.80. The summed E-state index contributed by atoms with van der Waals surface area (Å²) in [6.45, 7) is 0. The lowest BCUT2D eigenvalue weighted by molar-refractivity contribution is 0.414. The molecule has 1 heterocycles. The molecule has 2 nitrogen and oxygen atoms in total. The van der Waals surface area contributed by atoms with E-state index in [1.807, 2.05) is 0 Å². The molecule has 3 heteroatoms. The standard InChI is InChI=1S/C6H7NO.ClH/c1-8-6-2-4-7-5-3-6;/h2-5H,1H3;1H. The molecule has 0 aliphatic heterocycles. The fourth-order valence-electron chi connectivity index (χ4n) is 0.474. The number of ether oxygens (including phenoxy) is 1. The normalized spacial score (nSPS) is 7.67. The van der Waals surface area contributed by atoms with Crippen LogP contribution in [-0.4, -0.2) is 12.1 Å². The second-order valence-electron chi connectivity index (χ2n) is 1.39. The second kappa shape index (κ2) is 4.15. The maximum atomic E-state index is 4.87. The number of pyridine rings is 1. The van der Waals surface area contributed by atoms with Crippen molar-refractivity contribution < 1.29 is 4.74 Å². The molecule has 0 aromatic carbocycles. The second-order valence-corrected chi connectivity index (χ2v) is 1.39. The van der Waals surface area contributed by atoms with Crippen LogP contribution < -0.4 is 4.74 Å². The van der Waals surface area contributed by atoms with Crippen LogP contribution in [-0.2, 0) is 0 Å². The highest BCUT2D eigenvalue weighted by Gasteiger charge is 1.81. The van der Waals surface area contributed by atoms with Gasteiger partial charge in [-0.1, -0.05) is 0 Å². The van der Waals surface area contributed by atoms with E-state index in [1.165, 1.54) is 0 Å². The molecule has 0 aliphatic carbocycles. The maximum Gasteiger partial charge on any atom is 0.121 e. The van der Waals surface area contributed by atoms with Gasteiger partial charge in [-0.3, -0.25) is 4.98 Å². The Bertz CT molecular complexity index is 154. The van der Waals surface area contributed by atoms with Crippen LogP contribution in [0.4, 0.5) is 0 Å². The average molecular weight is 146 g/mol. The fourth-order valence-corrected chi connectivity index (χ4v) is 0.474. The van der Waals surface area contributed by atoms with Gasteiger partial charge in [0.05, 0.1) is 7.11 Å². The molecular weight excluding hydrogens is 138 g/mol. The number of hydrogen-bond donors (Lipinski definition) is 0. The topological polar surface area (TPSA) is 22.1 Å². The molecule has 0 spiro atoms. The Hall–Kier alpha value is -0.760. The summed E-state index contributed by atoms with van der Waals surface area (Å²) in [5, 5.41) is 0. The monoisotopic (exact) mass is 145 g/mol. The van der Waals surface area contributed by atoms with Gasteiger partial charge in [0.15, 0.2) is 0 Å². The van der Waals surface area contributed by atoms with Gasteiger partial charge in [0, 0.05) is 12.4 Å². The van der Waals surface area contributed by atoms with E-state index in [4.69, 9.17) is 4.74 Å². The molecule has 0 saturated carbocycles. The van der Waals surface area contributed by atoms with Gasteiger partial charge >= 0.3 is 0 Å². The van der Waals surface area contributed by atoms with Crippen LogP contribution in [0.2, 0.25) is 0 Å². The summed E-state index contributed by atoms with van der Waals surface area (Å²) >= 11 is 0. The van der Waals surface area contributed by atoms with Gasteiger partial charge in [0.1, 0.15) is 5.75 Å². The Balaban J connectivity index is 0.000000640. The number of halogens is 1. The Morgan fingerprint density at radius 2 is 1.89 bits per heavy atom. The van der Waals surface area contributed by atoms with Crippen molar-refractivity contribution in [3.63, 3.8) is 0 Å². The van der Waals surface area contributed by atoms with Crippen LogP contribution in [0.1, 0.15) is 0 Å². The Morgan fingerprint density at radius 3 is 2.22 bits per heavy atom. The molecule has 0 radical (unpaired) electrons. The summed E-state index contributed by atoms with van der Waals surface area (Å²) in [5.41, 5.74) is 0. The zero-order valence-corrected chi connectivity index (χ0v) is 5.89. The highest BCUT2D eigenvalue weighted by molar-refractivity contribution is 5.85. The number of rotatable bonds is 1. The van der Waals surface area contributed by atoms with Crippen molar-refractivity contribution in [1.29, 1.82) is 0 Å². The van der Waals surface area contributed by atoms with Crippen molar-refractivity contribution in [3.8, 4) is 5.75 Å². The molecule has 1 aromatic rings. The molecule has 0 unspecified atom stereocenters. The molecule has 0 fully saturated rings. The first-order chi connectivity index (χ1) is 3.93. The van der Waals surface area contributed by atoms with Crippen LogP contribution in [0.25, 0.3) is 0 Å². The lowest BCUT2D eigenvalue weighted by Gasteiger charge is -1.93. The van der Waals surface area contributed by atoms with Crippen LogP contribution in [0.3, 0.4) is 0 Å². The third-order valence-corrected chi connectivity index (χ3v) is 0.885. The van der Waals surface area contributed by atoms with Crippen molar-refractivity contribution in [3.05, 3.63) is 24.5 Å². The first-order valence-corrected chi connectivity index (χ1v) is 2.37. The first-order valence-electron chi connectivity index (χ1n) is 2.37. The molecule has 9 heavy (non-hydrogen) atoms. The molecule has 1 aromatic heterocycles. The van der Waals surface area contributed by atoms with Gasteiger partial charge < -0.3 is 4.74 Å². The molecule has 0 saturated heterocycles. The van der Waals surface area contributed by atoms with Gasteiger partial charge in [-0.2, -0.15) is 0 Å². The quantitative estimate of drug-likeness (QED) is 0.598. The van der Waals surface area contributed by atoms with Gasteiger partial charge in [-0.05, 0) is 12.1 Å². The van der Waals surface area contributed by atoms with Crippen LogP contribution in [0.15, 0.2) is 24.5 Å². The predicted octanol–water partition coefficient (Wildman–Crippen LogP) is 1.51. The van der Waals surface area contributed by atoms with Crippen molar-refractivity contribution in [2.45, 2.75) is 0 Å². The molecule has 1 rings (SSSR count). The molecule has 50 valence electrons. The number of methoxy groups -OCH3 is 1. The van der Waals surface area contributed by atoms with Crippen LogP contribution in [0.5, 0.6) is 5.75 Å². The summed E-state index contributed by atoms with van der Waals surface area (Å²) in [5.74, 6) is 0.847. The minimum Gasteiger partial charge on any atom is -0.497 e. The van der Waals surface area contributed by atoms with E-state index in [0.29, 0.717) is 0 Å². The van der Waals surface area contributed by atoms with Gasteiger partial charge in [-0.25, -0.2) is 0 Å². The molecule has 0 atom stereocenters. The Labute approximate surface area is 60.3 Å². The zero-order valence-electron chi connectivity index (χ0n) is 5.07. The Morgan fingerprint density at radius 1 is 1.33 bits per heavy atom. The average Bonchev–Trinajstić information content (AvgIpc) is 1.90. The highest BCUT2D eigenvalue weighted by atomic mass is 35.5.